The van der Waals surface area contributed by atoms with Crippen LogP contribution in [-0.2, 0) is 4.74 Å². The SMILES string of the molecule is CCCCOC(=O)NCCSSCCN. The molecule has 0 saturated carbocycles. The molecule has 6 heteroatoms. The number of carbonyl (C=O) groups is 1. The largest absolute Gasteiger partial charge is 0.450 e. The Bertz CT molecular complexity index is 159. The van der Waals surface area contributed by atoms with Crippen LogP contribution in [0.25, 0.3) is 0 Å². The molecule has 1 amide bonds. The van der Waals surface area contributed by atoms with Gasteiger partial charge in [-0.05, 0) is 6.42 Å². The van der Waals surface area contributed by atoms with E-state index in [1.54, 1.807) is 21.6 Å². The molecule has 0 atom stereocenters. The maximum Gasteiger partial charge on any atom is 0.407 e. The molecule has 0 rings (SSSR count). The van der Waals surface area contributed by atoms with Gasteiger partial charge in [0.05, 0.1) is 6.61 Å². The molecular formula is C9H20N2O2S2. The molecule has 0 radical (unpaired) electrons. The summed E-state index contributed by atoms with van der Waals surface area (Å²) in [5.41, 5.74) is 5.34. The van der Waals surface area contributed by atoms with Gasteiger partial charge in [-0.15, -0.1) is 0 Å². The molecule has 0 aliphatic carbocycles. The molecule has 0 bridgehead atoms. The molecule has 0 aromatic rings. The third-order valence-electron chi connectivity index (χ3n) is 1.47. The molecule has 0 aliphatic rings. The minimum absolute atomic E-state index is 0.312. The van der Waals surface area contributed by atoms with E-state index in [1.807, 2.05) is 0 Å². The number of hydrogen-bond acceptors (Lipinski definition) is 5. The summed E-state index contributed by atoms with van der Waals surface area (Å²) in [6, 6.07) is 0. The molecule has 3 N–H and O–H groups in total. The number of nitrogens with two attached hydrogens (primary N) is 1. The van der Waals surface area contributed by atoms with Crippen LogP contribution in [-0.4, -0.2) is 37.3 Å². The zero-order valence-electron chi connectivity index (χ0n) is 9.16. The molecule has 15 heavy (non-hydrogen) atoms. The van der Waals surface area contributed by atoms with Gasteiger partial charge in [-0.2, -0.15) is 0 Å². The second-order valence-electron chi connectivity index (χ2n) is 2.85. The van der Waals surface area contributed by atoms with Crippen LogP contribution in [0.5, 0.6) is 0 Å². The minimum Gasteiger partial charge on any atom is -0.450 e. The summed E-state index contributed by atoms with van der Waals surface area (Å²) < 4.78 is 4.92. The van der Waals surface area contributed by atoms with Crippen molar-refractivity contribution in [3.8, 4) is 0 Å². The van der Waals surface area contributed by atoms with Gasteiger partial charge in [-0.1, -0.05) is 34.9 Å². The summed E-state index contributed by atoms with van der Waals surface area (Å²) in [5.74, 6) is 1.83. The van der Waals surface area contributed by atoms with Crippen LogP contribution in [0, 0.1) is 0 Å². The first-order valence-corrected chi connectivity index (χ1v) is 7.65. The maximum atomic E-state index is 11.0. The highest BCUT2D eigenvalue weighted by Gasteiger charge is 1.99. The van der Waals surface area contributed by atoms with Crippen molar-refractivity contribution in [1.29, 1.82) is 0 Å². The topological polar surface area (TPSA) is 64.3 Å². The minimum atomic E-state index is -0.312. The van der Waals surface area contributed by atoms with E-state index in [1.165, 1.54) is 0 Å². The monoisotopic (exact) mass is 252 g/mol. The van der Waals surface area contributed by atoms with Crippen molar-refractivity contribution in [2.75, 3.05) is 31.2 Å². The fourth-order valence-corrected chi connectivity index (χ4v) is 2.48. The van der Waals surface area contributed by atoms with E-state index in [4.69, 9.17) is 10.5 Å². The smallest absolute Gasteiger partial charge is 0.407 e. The average molecular weight is 252 g/mol. The number of carbonyl (C=O) groups excluding carboxylic acids is 1. The lowest BCUT2D eigenvalue weighted by Crippen LogP contribution is -2.26. The summed E-state index contributed by atoms with van der Waals surface area (Å²) >= 11 is 0. The third kappa shape index (κ3) is 11.9. The molecule has 0 spiro atoms. The van der Waals surface area contributed by atoms with Crippen LogP contribution in [0.1, 0.15) is 19.8 Å². The standard InChI is InChI=1S/C9H20N2O2S2/c1-2-3-6-13-9(12)11-5-8-15-14-7-4-10/h2-8,10H2,1H3,(H,11,12). The van der Waals surface area contributed by atoms with E-state index in [2.05, 4.69) is 12.2 Å². The molecule has 0 aromatic carbocycles. The first-order valence-electron chi connectivity index (χ1n) is 5.16. The van der Waals surface area contributed by atoms with E-state index in [-0.39, 0.29) is 6.09 Å². The Hall–Kier alpha value is -0.0700. The molecular weight excluding hydrogens is 232 g/mol. The Morgan fingerprint density at radius 1 is 1.40 bits per heavy atom. The fraction of sp³-hybridized carbons (Fsp3) is 0.889. The van der Waals surface area contributed by atoms with Crippen LogP contribution in [0.3, 0.4) is 0 Å². The Morgan fingerprint density at radius 3 is 2.80 bits per heavy atom. The van der Waals surface area contributed by atoms with E-state index < -0.39 is 0 Å². The number of unbranched alkanes of at least 4 members (excludes halogenated alkanes) is 1. The number of nitrogens with one attached hydrogen (secondary N) is 1. The average Bonchev–Trinajstić information content (AvgIpc) is 2.23. The molecule has 0 aromatic heterocycles. The molecule has 90 valence electrons. The van der Waals surface area contributed by atoms with E-state index in [0.29, 0.717) is 19.7 Å². The number of rotatable bonds is 9. The summed E-state index contributed by atoms with van der Waals surface area (Å²) in [7, 11) is 3.44. The second kappa shape index (κ2) is 12.0. The van der Waals surface area contributed by atoms with Crippen molar-refractivity contribution < 1.29 is 9.53 Å². The highest BCUT2D eigenvalue weighted by Crippen LogP contribution is 2.18. The quantitative estimate of drug-likeness (QED) is 0.484. The predicted octanol–water partition coefficient (Wildman–Crippen LogP) is 1.85. The van der Waals surface area contributed by atoms with Crippen LogP contribution < -0.4 is 11.1 Å². The third-order valence-corrected chi connectivity index (χ3v) is 3.91. The Kier molecular flexibility index (Phi) is 11.9. The van der Waals surface area contributed by atoms with Gasteiger partial charge in [0.25, 0.3) is 0 Å². The van der Waals surface area contributed by atoms with Crippen molar-refractivity contribution in [1.82, 2.24) is 5.32 Å². The number of hydrogen-bond donors (Lipinski definition) is 2. The van der Waals surface area contributed by atoms with Crippen molar-refractivity contribution in [2.45, 2.75) is 19.8 Å². The Balaban J connectivity index is 3.10. The van der Waals surface area contributed by atoms with Gasteiger partial charge < -0.3 is 15.8 Å². The number of amides is 1. The molecule has 4 nitrogen and oxygen atoms in total. The first kappa shape index (κ1) is 14.9. The highest BCUT2D eigenvalue weighted by molar-refractivity contribution is 8.76. The van der Waals surface area contributed by atoms with Crippen molar-refractivity contribution in [3.63, 3.8) is 0 Å². The summed E-state index contributed by atoms with van der Waals surface area (Å²) in [6.07, 6.45) is 1.65. The van der Waals surface area contributed by atoms with Crippen molar-refractivity contribution in [3.05, 3.63) is 0 Å². The summed E-state index contributed by atoms with van der Waals surface area (Å²) in [6.45, 7) is 3.92. The zero-order valence-corrected chi connectivity index (χ0v) is 10.8. The summed E-state index contributed by atoms with van der Waals surface area (Å²) in [4.78, 5) is 11.0. The van der Waals surface area contributed by atoms with Gasteiger partial charge in [-0.3, -0.25) is 0 Å². The molecule has 0 heterocycles. The lowest BCUT2D eigenvalue weighted by atomic mass is 10.4. The van der Waals surface area contributed by atoms with Crippen molar-refractivity contribution in [2.24, 2.45) is 5.73 Å². The maximum absolute atomic E-state index is 11.0. The van der Waals surface area contributed by atoms with Crippen LogP contribution in [0.4, 0.5) is 4.79 Å². The van der Waals surface area contributed by atoms with Gasteiger partial charge in [-0.25, -0.2) is 4.79 Å². The Morgan fingerprint density at radius 2 is 2.13 bits per heavy atom. The van der Waals surface area contributed by atoms with Gasteiger partial charge in [0.1, 0.15) is 0 Å². The van der Waals surface area contributed by atoms with Gasteiger partial charge in [0, 0.05) is 24.6 Å². The fourth-order valence-electron chi connectivity index (χ4n) is 0.721. The molecule has 0 aliphatic heterocycles. The van der Waals surface area contributed by atoms with Gasteiger partial charge >= 0.3 is 6.09 Å². The second-order valence-corrected chi connectivity index (χ2v) is 5.55. The number of ether oxygens (including phenoxy) is 1. The van der Waals surface area contributed by atoms with Gasteiger partial charge in [0.2, 0.25) is 0 Å². The number of alkyl carbamates (subject to hydrolysis) is 1. The highest BCUT2D eigenvalue weighted by atomic mass is 33.1. The van der Waals surface area contributed by atoms with E-state index >= 15 is 0 Å². The Labute approximate surface area is 99.5 Å². The van der Waals surface area contributed by atoms with Gasteiger partial charge in [0.15, 0.2) is 0 Å². The zero-order chi connectivity index (χ0) is 11.4. The van der Waals surface area contributed by atoms with Crippen LogP contribution >= 0.6 is 21.6 Å². The predicted molar refractivity (Wildman–Crippen MR) is 68.2 cm³/mol. The lowest BCUT2D eigenvalue weighted by molar-refractivity contribution is 0.145. The van der Waals surface area contributed by atoms with E-state index in [0.717, 1.165) is 24.3 Å². The van der Waals surface area contributed by atoms with Crippen LogP contribution in [0.15, 0.2) is 0 Å². The van der Waals surface area contributed by atoms with Crippen LogP contribution in [0.2, 0.25) is 0 Å². The first-order chi connectivity index (χ1) is 7.31. The summed E-state index contributed by atoms with van der Waals surface area (Å²) in [5, 5.41) is 2.69. The molecule has 0 fully saturated rings. The normalized spacial score (nSPS) is 10.0. The van der Waals surface area contributed by atoms with Crippen molar-refractivity contribution >= 4 is 27.7 Å². The lowest BCUT2D eigenvalue weighted by Gasteiger charge is -2.05. The van der Waals surface area contributed by atoms with E-state index in [9.17, 15) is 4.79 Å². The molecule has 0 saturated heterocycles. The molecule has 0 unspecified atom stereocenters.